The third-order valence-electron chi connectivity index (χ3n) is 3.43. The standard InChI is InChI=1S/C15H19BrO2/c1-2-18-15(17)14(16)10-12-8-5-7-11-6-3-4-9-13(11)12/h5,7-8,14H,2-4,6,9-10H2,1H3. The number of hydrogen-bond donors (Lipinski definition) is 0. The van der Waals surface area contributed by atoms with Crippen molar-refractivity contribution in [2.24, 2.45) is 0 Å². The van der Waals surface area contributed by atoms with Gasteiger partial charge in [-0.25, -0.2) is 0 Å². The molecule has 0 aliphatic heterocycles. The number of aryl methyl sites for hydroxylation is 1. The second-order valence-corrected chi connectivity index (χ2v) is 5.79. The summed E-state index contributed by atoms with van der Waals surface area (Å²) < 4.78 is 5.03. The summed E-state index contributed by atoms with van der Waals surface area (Å²) in [6.45, 7) is 2.27. The first kappa shape index (κ1) is 13.6. The normalized spacial score (nSPS) is 15.9. The van der Waals surface area contributed by atoms with Gasteiger partial charge < -0.3 is 4.74 Å². The van der Waals surface area contributed by atoms with Gasteiger partial charge in [0.25, 0.3) is 0 Å². The van der Waals surface area contributed by atoms with Gasteiger partial charge in [0, 0.05) is 0 Å². The average Bonchev–Trinajstić information content (AvgIpc) is 2.39. The topological polar surface area (TPSA) is 26.3 Å². The number of rotatable bonds is 4. The van der Waals surface area contributed by atoms with Crippen molar-refractivity contribution in [3.8, 4) is 0 Å². The summed E-state index contributed by atoms with van der Waals surface area (Å²) >= 11 is 3.43. The molecule has 2 nitrogen and oxygen atoms in total. The van der Waals surface area contributed by atoms with E-state index in [2.05, 4.69) is 34.1 Å². The Balaban J connectivity index is 2.11. The molecule has 0 bridgehead atoms. The van der Waals surface area contributed by atoms with Crippen molar-refractivity contribution in [3.63, 3.8) is 0 Å². The number of ether oxygens (including phenoxy) is 1. The minimum absolute atomic E-state index is 0.161. The van der Waals surface area contributed by atoms with E-state index >= 15 is 0 Å². The SMILES string of the molecule is CCOC(=O)C(Br)Cc1cccc2c1CCCC2. The zero-order chi connectivity index (χ0) is 13.0. The molecule has 0 heterocycles. The average molecular weight is 311 g/mol. The van der Waals surface area contributed by atoms with Crippen molar-refractivity contribution < 1.29 is 9.53 Å². The van der Waals surface area contributed by atoms with Crippen LogP contribution in [0.25, 0.3) is 0 Å². The first-order chi connectivity index (χ1) is 8.72. The van der Waals surface area contributed by atoms with Crippen molar-refractivity contribution in [2.75, 3.05) is 6.61 Å². The molecule has 1 aromatic rings. The molecule has 3 heteroatoms. The third-order valence-corrected chi connectivity index (χ3v) is 4.13. The van der Waals surface area contributed by atoms with E-state index in [0.717, 1.165) is 12.8 Å². The van der Waals surface area contributed by atoms with Crippen LogP contribution < -0.4 is 0 Å². The molecular formula is C15H19BrO2. The maximum absolute atomic E-state index is 11.6. The molecule has 0 fully saturated rings. The quantitative estimate of drug-likeness (QED) is 0.629. The van der Waals surface area contributed by atoms with Gasteiger partial charge in [-0.2, -0.15) is 0 Å². The number of esters is 1. The molecule has 0 spiro atoms. The van der Waals surface area contributed by atoms with E-state index in [1.165, 1.54) is 36.0 Å². The summed E-state index contributed by atoms with van der Waals surface area (Å²) in [7, 11) is 0. The predicted molar refractivity (Wildman–Crippen MR) is 76.1 cm³/mol. The van der Waals surface area contributed by atoms with Crippen LogP contribution in [0, 0.1) is 0 Å². The molecule has 1 atom stereocenters. The number of carbonyl (C=O) groups excluding carboxylic acids is 1. The fourth-order valence-electron chi connectivity index (χ4n) is 2.56. The van der Waals surface area contributed by atoms with Gasteiger partial charge >= 0.3 is 5.97 Å². The van der Waals surface area contributed by atoms with Crippen LogP contribution in [0.15, 0.2) is 18.2 Å². The number of benzene rings is 1. The van der Waals surface area contributed by atoms with Gasteiger partial charge in [0.1, 0.15) is 4.83 Å². The highest BCUT2D eigenvalue weighted by Crippen LogP contribution is 2.26. The molecule has 0 aromatic heterocycles. The molecule has 1 unspecified atom stereocenters. The van der Waals surface area contributed by atoms with Crippen LogP contribution in [-0.2, 0) is 28.8 Å². The van der Waals surface area contributed by atoms with E-state index in [4.69, 9.17) is 4.74 Å². The second kappa shape index (κ2) is 6.37. The van der Waals surface area contributed by atoms with Gasteiger partial charge in [-0.1, -0.05) is 34.1 Å². The lowest BCUT2D eigenvalue weighted by Crippen LogP contribution is -2.21. The number of hydrogen-bond acceptors (Lipinski definition) is 2. The Morgan fingerprint density at radius 3 is 2.94 bits per heavy atom. The van der Waals surface area contributed by atoms with Gasteiger partial charge in [-0.3, -0.25) is 4.79 Å². The maximum atomic E-state index is 11.6. The van der Waals surface area contributed by atoms with E-state index in [1.807, 2.05) is 6.92 Å². The molecule has 2 rings (SSSR count). The Morgan fingerprint density at radius 2 is 2.17 bits per heavy atom. The van der Waals surface area contributed by atoms with Gasteiger partial charge in [0.15, 0.2) is 0 Å². The van der Waals surface area contributed by atoms with Crippen LogP contribution in [0.2, 0.25) is 0 Å². The monoisotopic (exact) mass is 310 g/mol. The number of fused-ring (bicyclic) bond motifs is 1. The van der Waals surface area contributed by atoms with E-state index in [0.29, 0.717) is 6.61 Å². The molecule has 0 N–H and O–H groups in total. The lowest BCUT2D eigenvalue weighted by molar-refractivity contribution is -0.142. The van der Waals surface area contributed by atoms with E-state index in [-0.39, 0.29) is 10.8 Å². The van der Waals surface area contributed by atoms with Gasteiger partial charge in [-0.05, 0) is 55.7 Å². The first-order valence-electron chi connectivity index (χ1n) is 6.62. The molecule has 0 radical (unpaired) electrons. The fourth-order valence-corrected chi connectivity index (χ4v) is 3.04. The lowest BCUT2D eigenvalue weighted by Gasteiger charge is -2.20. The lowest BCUT2D eigenvalue weighted by atomic mass is 9.87. The number of carbonyl (C=O) groups is 1. The van der Waals surface area contributed by atoms with Crippen molar-refractivity contribution >= 4 is 21.9 Å². The molecule has 0 saturated heterocycles. The molecule has 18 heavy (non-hydrogen) atoms. The smallest absolute Gasteiger partial charge is 0.320 e. The van der Waals surface area contributed by atoms with E-state index < -0.39 is 0 Å². The maximum Gasteiger partial charge on any atom is 0.320 e. The number of alkyl halides is 1. The van der Waals surface area contributed by atoms with Crippen LogP contribution in [-0.4, -0.2) is 17.4 Å². The molecular weight excluding hydrogens is 292 g/mol. The summed E-state index contributed by atoms with van der Waals surface area (Å²) in [5, 5.41) is 0. The molecule has 1 aromatic carbocycles. The summed E-state index contributed by atoms with van der Waals surface area (Å²) in [5.41, 5.74) is 4.21. The van der Waals surface area contributed by atoms with Crippen molar-refractivity contribution in [3.05, 3.63) is 34.9 Å². The van der Waals surface area contributed by atoms with Crippen LogP contribution in [0.1, 0.15) is 36.5 Å². The summed E-state index contributed by atoms with van der Waals surface area (Å²) in [5.74, 6) is -0.161. The Labute approximate surface area is 117 Å². The highest BCUT2D eigenvalue weighted by Gasteiger charge is 2.20. The first-order valence-corrected chi connectivity index (χ1v) is 7.54. The Morgan fingerprint density at radius 1 is 1.39 bits per heavy atom. The van der Waals surface area contributed by atoms with Gasteiger partial charge in [0.2, 0.25) is 0 Å². The van der Waals surface area contributed by atoms with Crippen LogP contribution in [0.3, 0.4) is 0 Å². The highest BCUT2D eigenvalue weighted by atomic mass is 79.9. The summed E-state index contributed by atoms with van der Waals surface area (Å²) in [6.07, 6.45) is 5.59. The molecule has 1 aliphatic rings. The van der Waals surface area contributed by atoms with E-state index in [9.17, 15) is 4.79 Å². The summed E-state index contributed by atoms with van der Waals surface area (Å²) in [4.78, 5) is 11.4. The highest BCUT2D eigenvalue weighted by molar-refractivity contribution is 9.10. The van der Waals surface area contributed by atoms with Crippen LogP contribution in [0.4, 0.5) is 0 Å². The zero-order valence-electron chi connectivity index (χ0n) is 10.7. The predicted octanol–water partition coefficient (Wildman–Crippen LogP) is 3.43. The van der Waals surface area contributed by atoms with Gasteiger partial charge in [0.05, 0.1) is 6.61 Å². The third kappa shape index (κ3) is 3.14. The minimum atomic E-state index is -0.231. The van der Waals surface area contributed by atoms with Gasteiger partial charge in [-0.15, -0.1) is 0 Å². The van der Waals surface area contributed by atoms with Crippen LogP contribution in [0.5, 0.6) is 0 Å². The Bertz CT molecular complexity index is 429. The van der Waals surface area contributed by atoms with Crippen molar-refractivity contribution in [2.45, 2.75) is 43.9 Å². The number of halogens is 1. The summed E-state index contributed by atoms with van der Waals surface area (Å²) in [6, 6.07) is 6.45. The van der Waals surface area contributed by atoms with Crippen molar-refractivity contribution in [1.82, 2.24) is 0 Å². The molecule has 0 amide bonds. The second-order valence-electron chi connectivity index (χ2n) is 4.69. The van der Waals surface area contributed by atoms with Crippen molar-refractivity contribution in [1.29, 1.82) is 0 Å². The Kier molecular flexibility index (Phi) is 4.81. The Hall–Kier alpha value is -0.830. The fraction of sp³-hybridized carbons (Fsp3) is 0.533. The van der Waals surface area contributed by atoms with Crippen LogP contribution >= 0.6 is 15.9 Å². The largest absolute Gasteiger partial charge is 0.465 e. The molecule has 1 aliphatic carbocycles. The molecule has 98 valence electrons. The molecule has 0 saturated carbocycles. The minimum Gasteiger partial charge on any atom is -0.465 e. The zero-order valence-corrected chi connectivity index (χ0v) is 12.3. The van der Waals surface area contributed by atoms with E-state index in [1.54, 1.807) is 0 Å².